The molecule has 5 aromatic rings. The van der Waals surface area contributed by atoms with Crippen molar-refractivity contribution in [2.45, 2.75) is 25.3 Å². The molecule has 7 heteroatoms. The molecule has 204 valence electrons. The van der Waals surface area contributed by atoms with Crippen LogP contribution in [0.3, 0.4) is 0 Å². The van der Waals surface area contributed by atoms with Gasteiger partial charge in [-0.15, -0.1) is 0 Å². The first-order valence-electron chi connectivity index (χ1n) is 13.9. The molecule has 0 bridgehead atoms. The Morgan fingerprint density at radius 3 is 2.25 bits per heavy atom. The summed E-state index contributed by atoms with van der Waals surface area (Å²) in [6.07, 6.45) is 1.64. The van der Waals surface area contributed by atoms with Gasteiger partial charge >= 0.3 is 0 Å². The van der Waals surface area contributed by atoms with Gasteiger partial charge in [-0.1, -0.05) is 54.6 Å². The van der Waals surface area contributed by atoms with Crippen LogP contribution in [0.25, 0.3) is 32.3 Å². The normalized spacial score (nSPS) is 14.6. The highest BCUT2D eigenvalue weighted by atomic mass is 16.5. The number of aliphatic hydroxyl groups is 1. The summed E-state index contributed by atoms with van der Waals surface area (Å²) in [4.78, 5) is 27.7. The molecule has 0 aliphatic carbocycles. The van der Waals surface area contributed by atoms with Crippen molar-refractivity contribution in [3.63, 3.8) is 0 Å². The van der Waals surface area contributed by atoms with Crippen LogP contribution < -0.4 is 15.5 Å². The largest absolute Gasteiger partial charge is 0.394 e. The van der Waals surface area contributed by atoms with Crippen LogP contribution in [-0.2, 0) is 20.7 Å². The molecular weight excluding hydrogens is 502 g/mol. The number of morpholine rings is 1. The van der Waals surface area contributed by atoms with Gasteiger partial charge in [0, 0.05) is 30.9 Å². The molecular formula is C33H33N3O4. The number of ether oxygens (including phenoxy) is 1. The molecule has 1 atom stereocenters. The molecule has 0 spiro atoms. The van der Waals surface area contributed by atoms with E-state index in [-0.39, 0.29) is 12.3 Å². The van der Waals surface area contributed by atoms with Gasteiger partial charge in [-0.2, -0.15) is 0 Å². The van der Waals surface area contributed by atoms with E-state index in [0.717, 1.165) is 25.2 Å². The number of benzene rings is 5. The number of nitrogens with zero attached hydrogens (tertiary/aromatic N) is 1. The number of nitrogens with one attached hydrogen (secondary N) is 2. The maximum Gasteiger partial charge on any atom is 0.249 e. The summed E-state index contributed by atoms with van der Waals surface area (Å²) in [7, 11) is 0. The second kappa shape index (κ2) is 11.5. The molecule has 1 fully saturated rings. The Morgan fingerprint density at radius 1 is 0.850 bits per heavy atom. The molecule has 40 heavy (non-hydrogen) atoms. The minimum absolute atomic E-state index is 0.255. The zero-order valence-electron chi connectivity index (χ0n) is 22.4. The predicted molar refractivity (Wildman–Crippen MR) is 160 cm³/mol. The Labute approximate surface area is 233 Å². The maximum atomic E-state index is 12.8. The lowest BCUT2D eigenvalue weighted by atomic mass is 9.90. The highest BCUT2D eigenvalue weighted by Crippen LogP contribution is 2.36. The Hall–Kier alpha value is -4.20. The number of carbonyl (C=O) groups excluding carboxylic acids is 2. The Kier molecular flexibility index (Phi) is 7.49. The van der Waals surface area contributed by atoms with Gasteiger partial charge in [-0.3, -0.25) is 9.59 Å². The van der Waals surface area contributed by atoms with E-state index in [1.807, 2.05) is 24.3 Å². The highest BCUT2D eigenvalue weighted by Gasteiger charge is 2.20. The summed E-state index contributed by atoms with van der Waals surface area (Å²) >= 11 is 0. The molecule has 3 N–H and O–H groups in total. The second-order valence-corrected chi connectivity index (χ2v) is 10.4. The molecule has 5 aromatic carbocycles. The molecule has 0 saturated carbocycles. The van der Waals surface area contributed by atoms with E-state index >= 15 is 0 Å². The zero-order chi connectivity index (χ0) is 27.5. The summed E-state index contributed by atoms with van der Waals surface area (Å²) in [5.41, 5.74) is 2.89. The van der Waals surface area contributed by atoms with Crippen LogP contribution in [0.2, 0.25) is 0 Å². The van der Waals surface area contributed by atoms with E-state index in [4.69, 9.17) is 4.74 Å². The van der Waals surface area contributed by atoms with E-state index in [1.165, 1.54) is 37.9 Å². The first kappa shape index (κ1) is 26.0. The van der Waals surface area contributed by atoms with Crippen LogP contribution >= 0.6 is 0 Å². The van der Waals surface area contributed by atoms with Crippen LogP contribution in [0.5, 0.6) is 0 Å². The molecule has 1 heterocycles. The van der Waals surface area contributed by atoms with Crippen molar-refractivity contribution >= 4 is 55.5 Å². The zero-order valence-corrected chi connectivity index (χ0v) is 22.4. The average molecular weight is 536 g/mol. The van der Waals surface area contributed by atoms with Gasteiger partial charge in [0.1, 0.15) is 6.04 Å². The van der Waals surface area contributed by atoms with E-state index in [9.17, 15) is 14.7 Å². The molecule has 0 radical (unpaired) electrons. The van der Waals surface area contributed by atoms with Gasteiger partial charge in [0.05, 0.1) is 19.8 Å². The van der Waals surface area contributed by atoms with Crippen molar-refractivity contribution < 1.29 is 19.4 Å². The lowest BCUT2D eigenvalue weighted by Crippen LogP contribution is -2.46. The molecule has 1 aliphatic rings. The fourth-order valence-electron chi connectivity index (χ4n) is 5.72. The molecule has 7 nitrogen and oxygen atoms in total. The highest BCUT2D eigenvalue weighted by molar-refractivity contribution is 6.23. The van der Waals surface area contributed by atoms with Gasteiger partial charge in [-0.05, 0) is 75.0 Å². The quantitative estimate of drug-likeness (QED) is 0.235. The number of hydrogen-bond acceptors (Lipinski definition) is 5. The summed E-state index contributed by atoms with van der Waals surface area (Å²) in [6, 6.07) is 25.9. The molecule has 1 aliphatic heterocycles. The third-order valence-electron chi connectivity index (χ3n) is 7.81. The van der Waals surface area contributed by atoms with Gasteiger partial charge in [0.15, 0.2) is 0 Å². The van der Waals surface area contributed by atoms with E-state index < -0.39 is 18.6 Å². The van der Waals surface area contributed by atoms with Gasteiger partial charge < -0.3 is 25.4 Å². The standard InChI is InChI=1S/C33H33N3O4/c37-21-29(33(39)34-26-12-14-27(15-13-26)36-17-19-40-20-18-36)35-30(38)6-2-3-22-7-8-25-10-9-23-4-1-5-24-11-16-28(22)32(25)31(23)24/h1,4-5,7-16,29,37H,2-3,6,17-21H2,(H,34,39)(H,35,38). The number of hydrogen-bond donors (Lipinski definition) is 3. The topological polar surface area (TPSA) is 90.9 Å². The van der Waals surface area contributed by atoms with Crippen LogP contribution in [-0.4, -0.2) is 55.9 Å². The summed E-state index contributed by atoms with van der Waals surface area (Å²) in [5, 5.41) is 22.7. The molecule has 0 aromatic heterocycles. The van der Waals surface area contributed by atoms with Crippen LogP contribution in [0, 0.1) is 0 Å². The van der Waals surface area contributed by atoms with Gasteiger partial charge in [-0.25, -0.2) is 0 Å². The van der Waals surface area contributed by atoms with Crippen molar-refractivity contribution in [1.82, 2.24) is 5.32 Å². The number of aryl methyl sites for hydroxylation is 1. The van der Waals surface area contributed by atoms with Crippen molar-refractivity contribution in [3.05, 3.63) is 84.4 Å². The lowest BCUT2D eigenvalue weighted by molar-refractivity contribution is -0.127. The predicted octanol–water partition coefficient (Wildman–Crippen LogP) is 4.86. The summed E-state index contributed by atoms with van der Waals surface area (Å²) in [5.74, 6) is -0.698. The molecule has 2 amide bonds. The van der Waals surface area contributed by atoms with E-state index in [0.29, 0.717) is 25.3 Å². The minimum Gasteiger partial charge on any atom is -0.394 e. The van der Waals surface area contributed by atoms with Crippen molar-refractivity contribution in [2.24, 2.45) is 0 Å². The Balaban J connectivity index is 1.05. The first-order chi connectivity index (χ1) is 19.6. The minimum atomic E-state index is -1.01. The van der Waals surface area contributed by atoms with Crippen molar-refractivity contribution in [1.29, 1.82) is 0 Å². The van der Waals surface area contributed by atoms with E-state index in [1.54, 1.807) is 0 Å². The Bertz CT molecular complexity index is 1630. The first-order valence-corrected chi connectivity index (χ1v) is 13.9. The molecule has 1 unspecified atom stereocenters. The third kappa shape index (κ3) is 5.30. The fraction of sp³-hybridized carbons (Fsp3) is 0.273. The maximum absolute atomic E-state index is 12.8. The molecule has 1 saturated heterocycles. The third-order valence-corrected chi connectivity index (χ3v) is 7.81. The number of amides is 2. The average Bonchev–Trinajstić information content (AvgIpc) is 3.00. The number of carbonyl (C=O) groups is 2. The Morgan fingerprint density at radius 2 is 1.52 bits per heavy atom. The lowest BCUT2D eigenvalue weighted by Gasteiger charge is -2.29. The smallest absolute Gasteiger partial charge is 0.249 e. The van der Waals surface area contributed by atoms with Crippen molar-refractivity contribution in [3.8, 4) is 0 Å². The monoisotopic (exact) mass is 535 g/mol. The van der Waals surface area contributed by atoms with Gasteiger partial charge in [0.25, 0.3) is 0 Å². The molecule has 6 rings (SSSR count). The van der Waals surface area contributed by atoms with E-state index in [2.05, 4.69) is 70.1 Å². The van der Waals surface area contributed by atoms with Gasteiger partial charge in [0.2, 0.25) is 11.8 Å². The second-order valence-electron chi connectivity index (χ2n) is 10.4. The number of anilines is 2. The van der Waals surface area contributed by atoms with Crippen molar-refractivity contribution in [2.75, 3.05) is 43.1 Å². The van der Waals surface area contributed by atoms with Crippen LogP contribution in [0.1, 0.15) is 18.4 Å². The summed E-state index contributed by atoms with van der Waals surface area (Å²) in [6.45, 7) is 2.60. The SMILES string of the molecule is O=C(CCCc1ccc2ccc3cccc4ccc1c2c34)NC(CO)C(=O)Nc1ccc(N2CCOCC2)cc1. The fourth-order valence-corrected chi connectivity index (χ4v) is 5.72. The van der Waals surface area contributed by atoms with Crippen LogP contribution in [0.15, 0.2) is 78.9 Å². The van der Waals surface area contributed by atoms with Crippen LogP contribution in [0.4, 0.5) is 11.4 Å². The number of rotatable bonds is 9. The summed E-state index contributed by atoms with van der Waals surface area (Å²) < 4.78 is 5.40. The number of aliphatic hydroxyl groups excluding tert-OH is 1.